The standard InChI is InChI=1S/C20H17FN2O5/c1-20(9-12-5-6-16-17(7-12)28-11-27-16)18(25)23(19(26)22-20)10-15(24)13-3-2-4-14(21)8-13/h2-8H,9-11H2,1H3,(H,22,26)/t20-/m1/s1. The maximum Gasteiger partial charge on any atom is 0.325 e. The number of carbonyl (C=O) groups excluding carboxylic acids is 3. The molecule has 2 aromatic rings. The van der Waals surface area contributed by atoms with Crippen LogP contribution in [0.5, 0.6) is 11.5 Å². The summed E-state index contributed by atoms with van der Waals surface area (Å²) in [6.07, 6.45) is 0.221. The smallest absolute Gasteiger partial charge is 0.325 e. The first-order valence-corrected chi connectivity index (χ1v) is 8.67. The van der Waals surface area contributed by atoms with Gasteiger partial charge in [0.1, 0.15) is 11.4 Å². The Morgan fingerprint density at radius 2 is 1.96 bits per heavy atom. The normalized spacial score (nSPS) is 20.4. The number of amides is 3. The summed E-state index contributed by atoms with van der Waals surface area (Å²) < 4.78 is 23.9. The van der Waals surface area contributed by atoms with Gasteiger partial charge in [0.05, 0.1) is 6.54 Å². The highest BCUT2D eigenvalue weighted by atomic mass is 19.1. The Hall–Kier alpha value is -3.42. The van der Waals surface area contributed by atoms with Gasteiger partial charge in [0.2, 0.25) is 6.79 Å². The topological polar surface area (TPSA) is 84.9 Å². The lowest BCUT2D eigenvalue weighted by molar-refractivity contribution is -0.130. The number of hydrogen-bond acceptors (Lipinski definition) is 5. The zero-order chi connectivity index (χ0) is 19.9. The number of rotatable bonds is 5. The number of benzene rings is 2. The summed E-state index contributed by atoms with van der Waals surface area (Å²) in [5, 5.41) is 2.65. The van der Waals surface area contributed by atoms with Crippen molar-refractivity contribution in [2.24, 2.45) is 0 Å². The lowest BCUT2D eigenvalue weighted by Gasteiger charge is -2.21. The zero-order valence-electron chi connectivity index (χ0n) is 15.0. The van der Waals surface area contributed by atoms with Crippen molar-refractivity contribution in [3.63, 3.8) is 0 Å². The first kappa shape index (κ1) is 18.0. The van der Waals surface area contributed by atoms with Crippen LogP contribution >= 0.6 is 0 Å². The quantitative estimate of drug-likeness (QED) is 0.632. The largest absolute Gasteiger partial charge is 0.454 e. The highest BCUT2D eigenvalue weighted by Crippen LogP contribution is 2.34. The van der Waals surface area contributed by atoms with Crippen LogP contribution in [0.25, 0.3) is 0 Å². The molecule has 1 saturated heterocycles. The van der Waals surface area contributed by atoms with Gasteiger partial charge < -0.3 is 14.8 Å². The summed E-state index contributed by atoms with van der Waals surface area (Å²) in [7, 11) is 0. The predicted octanol–water partition coefficient (Wildman–Crippen LogP) is 2.29. The summed E-state index contributed by atoms with van der Waals surface area (Å²) in [5.74, 6) is -0.389. The fourth-order valence-electron chi connectivity index (χ4n) is 3.37. The number of fused-ring (bicyclic) bond motifs is 1. The molecule has 1 atom stereocenters. The van der Waals surface area contributed by atoms with Crippen molar-refractivity contribution in [2.45, 2.75) is 18.9 Å². The molecule has 0 saturated carbocycles. The molecule has 0 aromatic heterocycles. The van der Waals surface area contributed by atoms with E-state index in [0.29, 0.717) is 11.5 Å². The molecule has 144 valence electrons. The fourth-order valence-corrected chi connectivity index (χ4v) is 3.37. The molecule has 1 N–H and O–H groups in total. The van der Waals surface area contributed by atoms with Gasteiger partial charge in [-0.3, -0.25) is 14.5 Å². The molecule has 2 heterocycles. The Labute approximate surface area is 160 Å². The first-order valence-electron chi connectivity index (χ1n) is 8.67. The van der Waals surface area contributed by atoms with Gasteiger partial charge in [-0.05, 0) is 36.8 Å². The molecule has 4 rings (SSSR count). The van der Waals surface area contributed by atoms with Crippen LogP contribution in [0.4, 0.5) is 9.18 Å². The number of hydrogen-bond donors (Lipinski definition) is 1. The number of ketones is 1. The number of carbonyl (C=O) groups is 3. The van der Waals surface area contributed by atoms with Crippen molar-refractivity contribution in [3.8, 4) is 11.5 Å². The molecule has 0 aliphatic carbocycles. The molecule has 8 heteroatoms. The first-order chi connectivity index (χ1) is 13.4. The van der Waals surface area contributed by atoms with Gasteiger partial charge in [-0.15, -0.1) is 0 Å². The van der Waals surface area contributed by atoms with Crippen LogP contribution in [0.3, 0.4) is 0 Å². The third-order valence-corrected chi connectivity index (χ3v) is 4.79. The summed E-state index contributed by atoms with van der Waals surface area (Å²) in [6.45, 7) is 1.29. The molecule has 2 aromatic carbocycles. The van der Waals surface area contributed by atoms with Crippen molar-refractivity contribution in [3.05, 3.63) is 59.4 Å². The second-order valence-corrected chi connectivity index (χ2v) is 6.95. The van der Waals surface area contributed by atoms with E-state index >= 15 is 0 Å². The summed E-state index contributed by atoms with van der Waals surface area (Å²) >= 11 is 0. The summed E-state index contributed by atoms with van der Waals surface area (Å²) in [5.41, 5.74) is -0.323. The van der Waals surface area contributed by atoms with Gasteiger partial charge in [0.25, 0.3) is 5.91 Å². The molecule has 0 bridgehead atoms. The van der Waals surface area contributed by atoms with E-state index in [1.807, 2.05) is 0 Å². The monoisotopic (exact) mass is 384 g/mol. The van der Waals surface area contributed by atoms with Crippen LogP contribution in [0, 0.1) is 5.82 Å². The SMILES string of the molecule is C[C@]1(Cc2ccc3c(c2)OCO3)NC(=O)N(CC(=O)c2cccc(F)c2)C1=O. The van der Waals surface area contributed by atoms with Gasteiger partial charge in [-0.2, -0.15) is 0 Å². The third-order valence-electron chi connectivity index (χ3n) is 4.79. The maximum absolute atomic E-state index is 13.3. The number of nitrogens with one attached hydrogen (secondary N) is 1. The average Bonchev–Trinajstić information content (AvgIpc) is 3.19. The number of urea groups is 1. The van der Waals surface area contributed by atoms with E-state index in [0.717, 1.165) is 16.5 Å². The van der Waals surface area contributed by atoms with E-state index in [2.05, 4.69) is 5.32 Å². The Morgan fingerprint density at radius 1 is 1.18 bits per heavy atom. The minimum atomic E-state index is -1.20. The molecule has 1 fully saturated rings. The Balaban J connectivity index is 1.50. The summed E-state index contributed by atoms with van der Waals surface area (Å²) in [6, 6.07) is 9.77. The van der Waals surface area contributed by atoms with Crippen molar-refractivity contribution >= 4 is 17.7 Å². The highest BCUT2D eigenvalue weighted by molar-refractivity contribution is 6.11. The lowest BCUT2D eigenvalue weighted by Crippen LogP contribution is -2.46. The highest BCUT2D eigenvalue weighted by Gasteiger charge is 2.48. The van der Waals surface area contributed by atoms with E-state index in [1.54, 1.807) is 25.1 Å². The Bertz CT molecular complexity index is 992. The second kappa shape index (κ2) is 6.63. The van der Waals surface area contributed by atoms with E-state index in [4.69, 9.17) is 9.47 Å². The molecule has 7 nitrogen and oxygen atoms in total. The van der Waals surface area contributed by atoms with E-state index in [9.17, 15) is 18.8 Å². The van der Waals surface area contributed by atoms with E-state index in [1.165, 1.54) is 18.2 Å². The molecule has 28 heavy (non-hydrogen) atoms. The minimum absolute atomic E-state index is 0.102. The second-order valence-electron chi connectivity index (χ2n) is 6.95. The van der Waals surface area contributed by atoms with E-state index < -0.39 is 35.6 Å². The molecule has 3 amide bonds. The van der Waals surface area contributed by atoms with Gasteiger partial charge in [-0.25, -0.2) is 9.18 Å². The Kier molecular flexibility index (Phi) is 4.26. The van der Waals surface area contributed by atoms with Gasteiger partial charge >= 0.3 is 6.03 Å². The van der Waals surface area contributed by atoms with Crippen LogP contribution in [-0.2, 0) is 11.2 Å². The number of imide groups is 1. The Morgan fingerprint density at radius 3 is 2.75 bits per heavy atom. The van der Waals surface area contributed by atoms with Gasteiger partial charge in [0, 0.05) is 12.0 Å². The van der Waals surface area contributed by atoms with Crippen LogP contribution in [0.1, 0.15) is 22.8 Å². The molecule has 0 radical (unpaired) electrons. The van der Waals surface area contributed by atoms with Crippen molar-refractivity contribution < 1.29 is 28.2 Å². The molecule has 2 aliphatic heterocycles. The predicted molar refractivity (Wildman–Crippen MR) is 95.6 cm³/mol. The van der Waals surface area contributed by atoms with Crippen molar-refractivity contribution in [1.82, 2.24) is 10.2 Å². The molecular weight excluding hydrogens is 367 g/mol. The van der Waals surface area contributed by atoms with Crippen LogP contribution in [0.15, 0.2) is 42.5 Å². The van der Waals surface area contributed by atoms with Crippen molar-refractivity contribution in [2.75, 3.05) is 13.3 Å². The van der Waals surface area contributed by atoms with Crippen LogP contribution in [-0.4, -0.2) is 41.5 Å². The fraction of sp³-hybridized carbons (Fsp3) is 0.250. The molecule has 0 spiro atoms. The van der Waals surface area contributed by atoms with Gasteiger partial charge in [-0.1, -0.05) is 18.2 Å². The van der Waals surface area contributed by atoms with Crippen LogP contribution < -0.4 is 14.8 Å². The number of nitrogens with zero attached hydrogens (tertiary/aromatic N) is 1. The van der Waals surface area contributed by atoms with Gasteiger partial charge in [0.15, 0.2) is 17.3 Å². The molecular formula is C20H17FN2O5. The maximum atomic E-state index is 13.3. The third kappa shape index (κ3) is 3.17. The zero-order valence-corrected chi connectivity index (χ0v) is 15.0. The number of ether oxygens (including phenoxy) is 2. The van der Waals surface area contributed by atoms with Crippen LogP contribution in [0.2, 0.25) is 0 Å². The van der Waals surface area contributed by atoms with Crippen molar-refractivity contribution in [1.29, 1.82) is 0 Å². The van der Waals surface area contributed by atoms with E-state index in [-0.39, 0.29) is 18.8 Å². The molecule has 2 aliphatic rings. The minimum Gasteiger partial charge on any atom is -0.454 e. The lowest BCUT2D eigenvalue weighted by atomic mass is 9.92. The number of halogens is 1. The molecule has 0 unspecified atom stereocenters. The average molecular weight is 384 g/mol. The number of Topliss-reactive ketones (excluding diaryl/α,β-unsaturated/α-hetero) is 1. The summed E-state index contributed by atoms with van der Waals surface area (Å²) in [4.78, 5) is 38.4.